The third-order valence-electron chi connectivity index (χ3n) is 0.654. The van der Waals surface area contributed by atoms with Crippen molar-refractivity contribution >= 4 is 16.1 Å². The summed E-state index contributed by atoms with van der Waals surface area (Å²) in [7, 11) is -3.67. The fourth-order valence-electron chi connectivity index (χ4n) is 0.351. The Morgan fingerprint density at radius 3 is 2.15 bits per heavy atom. The zero-order valence-electron chi connectivity index (χ0n) is 7.69. The topological polar surface area (TPSA) is 107 Å². The molecule has 0 atom stereocenters. The molecule has 0 fully saturated rings. The lowest BCUT2D eigenvalue weighted by atomic mass is 10.4. The lowest BCUT2D eigenvalue weighted by Crippen LogP contribution is -2.10. The molecular formula is C6H15NO5S. The summed E-state index contributed by atoms with van der Waals surface area (Å²) in [4.78, 5) is 10.3. The van der Waals surface area contributed by atoms with Crippen LogP contribution in [0, 0.1) is 0 Å². The van der Waals surface area contributed by atoms with E-state index in [1.54, 1.807) is 6.92 Å². The van der Waals surface area contributed by atoms with Gasteiger partial charge in [-0.05, 0) is 6.92 Å². The Morgan fingerprint density at radius 1 is 1.54 bits per heavy atom. The van der Waals surface area contributed by atoms with Crippen LogP contribution in [0.15, 0.2) is 0 Å². The number of hydrogen-bond donors (Lipinski definition) is 2. The van der Waals surface area contributed by atoms with Crippen LogP contribution >= 0.6 is 0 Å². The maximum absolute atomic E-state index is 10.3. The number of rotatable bonds is 3. The van der Waals surface area contributed by atoms with Crippen LogP contribution in [-0.4, -0.2) is 38.3 Å². The molecule has 0 bridgehead atoms. The van der Waals surface area contributed by atoms with Crippen LogP contribution in [0.2, 0.25) is 0 Å². The zero-order valence-corrected chi connectivity index (χ0v) is 8.50. The third kappa shape index (κ3) is 34.7. The molecule has 0 amide bonds. The van der Waals surface area contributed by atoms with Crippen molar-refractivity contribution in [2.24, 2.45) is 5.73 Å². The molecule has 6 nitrogen and oxygen atoms in total. The van der Waals surface area contributed by atoms with Gasteiger partial charge in [-0.1, -0.05) is 0 Å². The van der Waals surface area contributed by atoms with Crippen molar-refractivity contribution in [1.82, 2.24) is 0 Å². The van der Waals surface area contributed by atoms with E-state index in [4.69, 9.17) is 10.3 Å². The fourth-order valence-corrected chi connectivity index (χ4v) is 0.351. The number of nitrogens with two attached hydrogens (primary N) is 1. The average molecular weight is 213 g/mol. The van der Waals surface area contributed by atoms with Gasteiger partial charge in [0.05, 0.1) is 19.3 Å². The predicted octanol–water partition coefficient (Wildman–Crippen LogP) is -0.598. The fraction of sp³-hybridized carbons (Fsp3) is 0.833. The summed E-state index contributed by atoms with van der Waals surface area (Å²) in [5, 5.41) is 0. The minimum absolute atomic E-state index is 0.213. The minimum atomic E-state index is -3.67. The van der Waals surface area contributed by atoms with Crippen LogP contribution < -0.4 is 5.73 Å². The first-order valence-corrected chi connectivity index (χ1v) is 5.44. The summed E-state index contributed by atoms with van der Waals surface area (Å²) in [6.07, 6.45) is 1.04. The number of ether oxygens (including phenoxy) is 1. The van der Waals surface area contributed by atoms with Gasteiger partial charge in [0.2, 0.25) is 0 Å². The highest BCUT2D eigenvalue weighted by molar-refractivity contribution is 7.85. The number of hydrogen-bond acceptors (Lipinski definition) is 5. The van der Waals surface area contributed by atoms with Crippen molar-refractivity contribution in [2.45, 2.75) is 13.3 Å². The van der Waals surface area contributed by atoms with Crippen molar-refractivity contribution < 1.29 is 22.5 Å². The lowest BCUT2D eigenvalue weighted by molar-refractivity contribution is -0.142. The van der Waals surface area contributed by atoms with Gasteiger partial charge in [-0.2, -0.15) is 8.42 Å². The smallest absolute Gasteiger partial charge is 0.307 e. The molecule has 0 heterocycles. The highest BCUT2D eigenvalue weighted by Gasteiger charge is 1.95. The van der Waals surface area contributed by atoms with E-state index in [9.17, 15) is 13.2 Å². The molecule has 0 saturated carbocycles. The molecule has 0 aliphatic carbocycles. The molecule has 3 N–H and O–H groups in total. The summed E-state index contributed by atoms with van der Waals surface area (Å²) in [6.45, 7) is 2.59. The Kier molecular flexibility index (Phi) is 9.09. The molecular weight excluding hydrogens is 198 g/mol. The van der Waals surface area contributed by atoms with E-state index in [0.29, 0.717) is 25.8 Å². The summed E-state index contributed by atoms with van der Waals surface area (Å²) in [5.74, 6) is -0.213. The van der Waals surface area contributed by atoms with Crippen molar-refractivity contribution in [3.8, 4) is 0 Å². The molecule has 0 unspecified atom stereocenters. The van der Waals surface area contributed by atoms with E-state index < -0.39 is 10.1 Å². The van der Waals surface area contributed by atoms with E-state index in [1.165, 1.54) is 0 Å². The molecule has 80 valence electrons. The quantitative estimate of drug-likeness (QED) is 0.479. The molecule has 13 heavy (non-hydrogen) atoms. The highest BCUT2D eigenvalue weighted by atomic mass is 32.2. The Hall–Kier alpha value is -0.660. The van der Waals surface area contributed by atoms with E-state index in [1.807, 2.05) is 0 Å². The van der Waals surface area contributed by atoms with Crippen molar-refractivity contribution in [1.29, 1.82) is 0 Å². The van der Waals surface area contributed by atoms with Gasteiger partial charge in [-0.3, -0.25) is 9.35 Å². The second kappa shape index (κ2) is 7.96. The van der Waals surface area contributed by atoms with Crippen LogP contribution in [-0.2, 0) is 19.6 Å². The summed E-state index contributed by atoms with van der Waals surface area (Å²) in [5.41, 5.74) is 5.06. The standard InChI is InChI=1S/C5H11NO2.CH4O3S/c1-2-8-5(7)3-4-6;1-5(2,3)4/h2-4,6H2,1H3;1H3,(H,2,3,4). The van der Waals surface area contributed by atoms with Gasteiger partial charge in [0.25, 0.3) is 10.1 Å². The molecule has 0 spiro atoms. The van der Waals surface area contributed by atoms with Crippen LogP contribution in [0.4, 0.5) is 0 Å². The monoisotopic (exact) mass is 213 g/mol. The van der Waals surface area contributed by atoms with Crippen molar-refractivity contribution in [2.75, 3.05) is 19.4 Å². The molecule has 0 aliphatic rings. The zero-order chi connectivity index (χ0) is 10.9. The normalized spacial score (nSPS) is 9.85. The number of esters is 1. The van der Waals surface area contributed by atoms with E-state index in [-0.39, 0.29) is 5.97 Å². The van der Waals surface area contributed by atoms with Gasteiger partial charge in [0.15, 0.2) is 0 Å². The van der Waals surface area contributed by atoms with E-state index in [2.05, 4.69) is 4.74 Å². The Labute approximate surface area is 77.8 Å². The molecule has 0 aromatic heterocycles. The van der Waals surface area contributed by atoms with Gasteiger partial charge in [0, 0.05) is 6.54 Å². The molecule has 0 rings (SSSR count). The van der Waals surface area contributed by atoms with Crippen LogP contribution in [0.3, 0.4) is 0 Å². The molecule has 0 aromatic carbocycles. The van der Waals surface area contributed by atoms with E-state index >= 15 is 0 Å². The van der Waals surface area contributed by atoms with Gasteiger partial charge >= 0.3 is 5.97 Å². The Morgan fingerprint density at radius 2 is 1.92 bits per heavy atom. The summed E-state index contributed by atoms with van der Waals surface area (Å²) >= 11 is 0. The van der Waals surface area contributed by atoms with E-state index in [0.717, 1.165) is 0 Å². The second-order valence-electron chi connectivity index (χ2n) is 2.08. The highest BCUT2D eigenvalue weighted by Crippen LogP contribution is 1.80. The van der Waals surface area contributed by atoms with Crippen molar-refractivity contribution in [3.63, 3.8) is 0 Å². The van der Waals surface area contributed by atoms with Crippen LogP contribution in [0.25, 0.3) is 0 Å². The van der Waals surface area contributed by atoms with Gasteiger partial charge in [-0.15, -0.1) is 0 Å². The maximum Gasteiger partial charge on any atom is 0.307 e. The predicted molar refractivity (Wildman–Crippen MR) is 47.8 cm³/mol. The number of carbonyl (C=O) groups is 1. The first kappa shape index (κ1) is 14.8. The van der Waals surface area contributed by atoms with Gasteiger partial charge in [0.1, 0.15) is 0 Å². The molecule has 7 heteroatoms. The Bertz CT molecular complexity index is 207. The average Bonchev–Trinajstić information content (AvgIpc) is 1.84. The summed E-state index contributed by atoms with van der Waals surface area (Å²) < 4.78 is 30.4. The molecule has 0 aliphatic heterocycles. The van der Waals surface area contributed by atoms with Gasteiger partial charge < -0.3 is 10.5 Å². The third-order valence-corrected chi connectivity index (χ3v) is 0.654. The second-order valence-corrected chi connectivity index (χ2v) is 3.54. The van der Waals surface area contributed by atoms with Crippen molar-refractivity contribution in [3.05, 3.63) is 0 Å². The van der Waals surface area contributed by atoms with Gasteiger partial charge in [-0.25, -0.2) is 0 Å². The van der Waals surface area contributed by atoms with Crippen LogP contribution in [0.5, 0.6) is 0 Å². The summed E-state index contributed by atoms with van der Waals surface area (Å²) in [6, 6.07) is 0. The largest absolute Gasteiger partial charge is 0.466 e. The first-order valence-electron chi connectivity index (χ1n) is 3.59. The first-order chi connectivity index (χ1) is 5.81. The molecule has 0 radical (unpaired) electrons. The Balaban J connectivity index is 0. The number of carbonyl (C=O) groups excluding carboxylic acids is 1. The van der Waals surface area contributed by atoms with Crippen LogP contribution in [0.1, 0.15) is 13.3 Å². The minimum Gasteiger partial charge on any atom is -0.466 e. The maximum atomic E-state index is 10.3. The molecule has 0 saturated heterocycles. The molecule has 0 aromatic rings. The SMILES string of the molecule is CCOC(=O)CCN.CS(=O)(=O)O. The lowest BCUT2D eigenvalue weighted by Gasteiger charge is -1.96.